The van der Waals surface area contributed by atoms with Crippen LogP contribution in [-0.4, -0.2) is 0 Å². The zero-order chi connectivity index (χ0) is 27.1. The molecule has 2 fully saturated rings. The van der Waals surface area contributed by atoms with Gasteiger partial charge in [0.25, 0.3) is 0 Å². The fraction of sp³-hybridized carbons (Fsp3) is 0.231. The third-order valence-electron chi connectivity index (χ3n) is 9.27. The molecule has 198 valence electrons. The maximum Gasteiger partial charge on any atom is 0.0462 e. The van der Waals surface area contributed by atoms with Crippen LogP contribution in [0.25, 0.3) is 22.3 Å². The number of rotatable bonds is 6. The molecule has 0 aromatic heterocycles. The molecular weight excluding hydrogens is 482 g/mol. The summed E-state index contributed by atoms with van der Waals surface area (Å²) in [5.41, 5.74) is 12.7. The number of fused-ring (bicyclic) bond motifs is 2. The molecule has 2 bridgehead atoms. The first-order valence-corrected chi connectivity index (χ1v) is 14.8. The molecule has 0 saturated heterocycles. The van der Waals surface area contributed by atoms with E-state index in [1.54, 1.807) is 0 Å². The molecule has 0 radical (unpaired) electrons. The Morgan fingerprint density at radius 1 is 0.500 bits per heavy atom. The number of aryl methyl sites for hydroxylation is 2. The van der Waals surface area contributed by atoms with E-state index < -0.39 is 0 Å². The summed E-state index contributed by atoms with van der Waals surface area (Å²) in [5, 5.41) is 0. The van der Waals surface area contributed by atoms with Gasteiger partial charge >= 0.3 is 0 Å². The van der Waals surface area contributed by atoms with Crippen molar-refractivity contribution in [1.29, 1.82) is 0 Å². The standard InChI is InChI=1S/C39H37N/c1-27-5-3-7-33(23-27)30-11-17-36(18-12-30)40(37-19-13-31(14-20-37)34-8-4-6-28(2)24-34)38-21-15-32(16-22-38)39-26-29-9-10-35(39)25-29/h3-8,11-24,29,35,39H,9-10,25-26H2,1-2H3. The highest BCUT2D eigenvalue weighted by atomic mass is 15.1. The molecule has 0 aliphatic heterocycles. The molecule has 3 atom stereocenters. The summed E-state index contributed by atoms with van der Waals surface area (Å²) in [4.78, 5) is 2.39. The average molecular weight is 520 g/mol. The molecule has 7 rings (SSSR count). The number of hydrogen-bond acceptors (Lipinski definition) is 1. The van der Waals surface area contributed by atoms with E-state index in [1.807, 2.05) is 0 Å². The van der Waals surface area contributed by atoms with Crippen molar-refractivity contribution in [2.75, 3.05) is 4.90 Å². The van der Waals surface area contributed by atoms with Crippen molar-refractivity contribution in [2.45, 2.75) is 45.4 Å². The van der Waals surface area contributed by atoms with Gasteiger partial charge in [-0.2, -0.15) is 0 Å². The van der Waals surface area contributed by atoms with E-state index in [1.165, 1.54) is 81.7 Å². The second-order valence-corrected chi connectivity index (χ2v) is 12.0. The molecule has 3 unspecified atom stereocenters. The van der Waals surface area contributed by atoms with Crippen molar-refractivity contribution in [2.24, 2.45) is 11.8 Å². The summed E-state index contributed by atoms with van der Waals surface area (Å²) in [6.07, 6.45) is 5.70. The lowest BCUT2D eigenvalue weighted by Gasteiger charge is -2.27. The Morgan fingerprint density at radius 2 is 1.00 bits per heavy atom. The Labute approximate surface area is 239 Å². The smallest absolute Gasteiger partial charge is 0.0462 e. The summed E-state index contributed by atoms with van der Waals surface area (Å²) >= 11 is 0. The molecule has 0 spiro atoms. The summed E-state index contributed by atoms with van der Waals surface area (Å²) in [5.74, 6) is 2.61. The van der Waals surface area contributed by atoms with Crippen LogP contribution in [0.3, 0.4) is 0 Å². The second kappa shape index (κ2) is 10.5. The summed E-state index contributed by atoms with van der Waals surface area (Å²) < 4.78 is 0. The van der Waals surface area contributed by atoms with Crippen molar-refractivity contribution in [3.05, 3.63) is 138 Å². The number of anilines is 3. The zero-order valence-electron chi connectivity index (χ0n) is 23.6. The van der Waals surface area contributed by atoms with Gasteiger partial charge in [0, 0.05) is 17.1 Å². The van der Waals surface area contributed by atoms with E-state index in [4.69, 9.17) is 0 Å². The highest BCUT2D eigenvalue weighted by molar-refractivity contribution is 5.80. The maximum atomic E-state index is 2.40. The van der Waals surface area contributed by atoms with Crippen LogP contribution >= 0.6 is 0 Å². The average Bonchev–Trinajstić information content (AvgIpc) is 3.63. The summed E-state index contributed by atoms with van der Waals surface area (Å²) in [6, 6.07) is 45.0. The number of hydrogen-bond donors (Lipinski definition) is 0. The van der Waals surface area contributed by atoms with E-state index in [0.29, 0.717) is 0 Å². The highest BCUT2D eigenvalue weighted by Gasteiger charge is 2.40. The van der Waals surface area contributed by atoms with Crippen molar-refractivity contribution in [3.8, 4) is 22.3 Å². The quantitative estimate of drug-likeness (QED) is 0.216. The van der Waals surface area contributed by atoms with Crippen LogP contribution in [0, 0.1) is 25.7 Å². The molecular formula is C39H37N. The van der Waals surface area contributed by atoms with Crippen LogP contribution in [0.4, 0.5) is 17.1 Å². The minimum Gasteiger partial charge on any atom is -0.311 e. The minimum absolute atomic E-state index is 0.753. The largest absolute Gasteiger partial charge is 0.311 e. The fourth-order valence-electron chi connectivity index (χ4n) is 7.23. The monoisotopic (exact) mass is 519 g/mol. The molecule has 2 aliphatic rings. The van der Waals surface area contributed by atoms with Crippen LogP contribution < -0.4 is 4.90 Å². The molecule has 0 amide bonds. The molecule has 1 nitrogen and oxygen atoms in total. The Balaban J connectivity index is 1.24. The number of nitrogens with zero attached hydrogens (tertiary/aromatic N) is 1. The molecule has 5 aromatic carbocycles. The van der Waals surface area contributed by atoms with Gasteiger partial charge in [-0.05, 0) is 115 Å². The Morgan fingerprint density at radius 3 is 1.43 bits per heavy atom. The van der Waals surface area contributed by atoms with E-state index in [2.05, 4.69) is 140 Å². The van der Waals surface area contributed by atoms with Gasteiger partial charge in [0.15, 0.2) is 0 Å². The van der Waals surface area contributed by atoms with Gasteiger partial charge in [-0.3, -0.25) is 0 Å². The SMILES string of the molecule is Cc1cccc(-c2ccc(N(c3ccc(-c4cccc(C)c4)cc3)c3ccc(C4CC5CCC4C5)cc3)cc2)c1. The lowest BCUT2D eigenvalue weighted by molar-refractivity contribution is 0.420. The van der Waals surface area contributed by atoms with Crippen LogP contribution in [0.5, 0.6) is 0 Å². The molecule has 0 N–H and O–H groups in total. The fourth-order valence-corrected chi connectivity index (χ4v) is 7.23. The Kier molecular flexibility index (Phi) is 6.52. The second-order valence-electron chi connectivity index (χ2n) is 12.0. The first kappa shape index (κ1) is 24.9. The van der Waals surface area contributed by atoms with Crippen LogP contribution in [0.15, 0.2) is 121 Å². The first-order valence-electron chi connectivity index (χ1n) is 14.8. The van der Waals surface area contributed by atoms with Gasteiger partial charge < -0.3 is 4.90 Å². The molecule has 0 heterocycles. The molecule has 2 aliphatic carbocycles. The van der Waals surface area contributed by atoms with Crippen molar-refractivity contribution >= 4 is 17.1 Å². The third kappa shape index (κ3) is 4.86. The molecule has 5 aromatic rings. The van der Waals surface area contributed by atoms with E-state index in [-0.39, 0.29) is 0 Å². The predicted octanol–water partition coefficient (Wildman–Crippen LogP) is 11.0. The maximum absolute atomic E-state index is 2.40. The van der Waals surface area contributed by atoms with E-state index in [0.717, 1.165) is 17.8 Å². The third-order valence-corrected chi connectivity index (χ3v) is 9.27. The van der Waals surface area contributed by atoms with Gasteiger partial charge in [0.05, 0.1) is 0 Å². The normalized spacial score (nSPS) is 19.6. The topological polar surface area (TPSA) is 3.24 Å². The highest BCUT2D eigenvalue weighted by Crippen LogP contribution is 2.53. The van der Waals surface area contributed by atoms with Gasteiger partial charge in [-0.25, -0.2) is 0 Å². The summed E-state index contributed by atoms with van der Waals surface area (Å²) in [6.45, 7) is 4.31. The zero-order valence-corrected chi connectivity index (χ0v) is 23.6. The first-order chi connectivity index (χ1) is 19.6. The Bertz CT molecular complexity index is 1520. The van der Waals surface area contributed by atoms with E-state index >= 15 is 0 Å². The lowest BCUT2D eigenvalue weighted by atomic mass is 9.83. The molecule has 1 heteroatoms. The van der Waals surface area contributed by atoms with Gasteiger partial charge in [-0.1, -0.05) is 102 Å². The van der Waals surface area contributed by atoms with Gasteiger partial charge in [-0.15, -0.1) is 0 Å². The van der Waals surface area contributed by atoms with Crippen LogP contribution in [0.1, 0.15) is 48.3 Å². The molecule has 2 saturated carbocycles. The molecule has 40 heavy (non-hydrogen) atoms. The van der Waals surface area contributed by atoms with Gasteiger partial charge in [0.2, 0.25) is 0 Å². The number of benzene rings is 5. The minimum atomic E-state index is 0.753. The lowest BCUT2D eigenvalue weighted by Crippen LogP contribution is -2.11. The van der Waals surface area contributed by atoms with Crippen LogP contribution in [-0.2, 0) is 0 Å². The van der Waals surface area contributed by atoms with Crippen molar-refractivity contribution in [3.63, 3.8) is 0 Å². The Hall–Kier alpha value is -4.10. The van der Waals surface area contributed by atoms with Crippen molar-refractivity contribution < 1.29 is 0 Å². The predicted molar refractivity (Wildman–Crippen MR) is 170 cm³/mol. The van der Waals surface area contributed by atoms with Crippen LogP contribution in [0.2, 0.25) is 0 Å². The van der Waals surface area contributed by atoms with Gasteiger partial charge in [0.1, 0.15) is 0 Å². The summed E-state index contributed by atoms with van der Waals surface area (Å²) in [7, 11) is 0. The van der Waals surface area contributed by atoms with Crippen molar-refractivity contribution in [1.82, 2.24) is 0 Å². The van der Waals surface area contributed by atoms with E-state index in [9.17, 15) is 0 Å².